The first-order chi connectivity index (χ1) is 12.1. The molecule has 0 saturated carbocycles. The molecule has 2 aromatic heterocycles. The number of nitrogens with zero attached hydrogens (tertiary/aromatic N) is 3. The van der Waals surface area contributed by atoms with Crippen LogP contribution in [0.25, 0.3) is 22.6 Å². The molecule has 25 heavy (non-hydrogen) atoms. The SMILES string of the molecule is Nc1nc(Nc2cc(Cl)cc(Cl)c2)nc(-c2cc3ccccc3o2)n1. The van der Waals surface area contributed by atoms with Crippen LogP contribution in [-0.4, -0.2) is 15.0 Å². The minimum atomic E-state index is 0.0704. The van der Waals surface area contributed by atoms with Crippen molar-refractivity contribution in [2.75, 3.05) is 11.1 Å². The highest BCUT2D eigenvalue weighted by molar-refractivity contribution is 6.35. The van der Waals surface area contributed by atoms with Crippen LogP contribution >= 0.6 is 23.2 Å². The maximum atomic E-state index is 6.00. The molecule has 2 aromatic carbocycles. The number of nitrogen functional groups attached to an aromatic ring is 1. The van der Waals surface area contributed by atoms with E-state index in [1.165, 1.54) is 0 Å². The van der Waals surface area contributed by atoms with Crippen molar-refractivity contribution in [1.29, 1.82) is 0 Å². The van der Waals surface area contributed by atoms with Gasteiger partial charge in [-0.25, -0.2) is 0 Å². The van der Waals surface area contributed by atoms with Crippen LogP contribution in [0.5, 0.6) is 0 Å². The van der Waals surface area contributed by atoms with Gasteiger partial charge >= 0.3 is 0 Å². The Balaban J connectivity index is 1.73. The molecule has 0 spiro atoms. The predicted octanol–water partition coefficient (Wildman–Crippen LogP) is 4.92. The second-order valence-corrected chi connectivity index (χ2v) is 6.15. The number of rotatable bonds is 3. The van der Waals surface area contributed by atoms with Crippen molar-refractivity contribution < 1.29 is 4.42 Å². The largest absolute Gasteiger partial charge is 0.453 e. The molecule has 0 saturated heterocycles. The molecule has 0 amide bonds. The zero-order chi connectivity index (χ0) is 17.4. The van der Waals surface area contributed by atoms with Crippen molar-refractivity contribution in [3.8, 4) is 11.6 Å². The summed E-state index contributed by atoms with van der Waals surface area (Å²) in [6.45, 7) is 0. The second kappa shape index (κ2) is 6.23. The standard InChI is InChI=1S/C17H11Cl2N5O/c18-10-6-11(19)8-12(7-10)21-17-23-15(22-16(20)24-17)14-5-9-3-1-2-4-13(9)25-14/h1-8H,(H3,20,21,22,23,24). The molecule has 2 heterocycles. The quantitative estimate of drug-likeness (QED) is 0.531. The van der Waals surface area contributed by atoms with Gasteiger partial charge in [0, 0.05) is 21.1 Å². The number of aromatic nitrogens is 3. The molecule has 124 valence electrons. The molecule has 0 aliphatic rings. The van der Waals surface area contributed by atoms with Gasteiger partial charge in [0.2, 0.25) is 17.7 Å². The first-order valence-corrected chi connectivity index (χ1v) is 8.06. The summed E-state index contributed by atoms with van der Waals surface area (Å²) in [5.41, 5.74) is 7.19. The molecule has 4 rings (SSSR count). The van der Waals surface area contributed by atoms with E-state index in [1.54, 1.807) is 18.2 Å². The summed E-state index contributed by atoms with van der Waals surface area (Å²) in [6, 6.07) is 14.5. The highest BCUT2D eigenvalue weighted by Gasteiger charge is 2.12. The molecule has 0 unspecified atom stereocenters. The number of anilines is 3. The minimum absolute atomic E-state index is 0.0704. The lowest BCUT2D eigenvalue weighted by atomic mass is 10.2. The lowest BCUT2D eigenvalue weighted by Gasteiger charge is -2.07. The van der Waals surface area contributed by atoms with Gasteiger partial charge < -0.3 is 15.5 Å². The summed E-state index contributed by atoms with van der Waals surface area (Å²) in [5, 5.41) is 4.96. The predicted molar refractivity (Wildman–Crippen MR) is 99.2 cm³/mol. The Morgan fingerprint density at radius 1 is 0.920 bits per heavy atom. The third kappa shape index (κ3) is 3.35. The number of benzene rings is 2. The number of para-hydroxylation sites is 1. The van der Waals surface area contributed by atoms with Gasteiger partial charge in [0.15, 0.2) is 5.76 Å². The van der Waals surface area contributed by atoms with Crippen LogP contribution in [0.15, 0.2) is 52.9 Å². The summed E-state index contributed by atoms with van der Waals surface area (Å²) < 4.78 is 5.77. The molecule has 0 aliphatic carbocycles. The third-order valence-electron chi connectivity index (χ3n) is 3.42. The molecule has 0 bridgehead atoms. The fourth-order valence-corrected chi connectivity index (χ4v) is 2.93. The maximum Gasteiger partial charge on any atom is 0.232 e. The van der Waals surface area contributed by atoms with Gasteiger partial charge in [-0.1, -0.05) is 41.4 Å². The number of halogens is 2. The summed E-state index contributed by atoms with van der Waals surface area (Å²) in [5.74, 6) is 1.17. The van der Waals surface area contributed by atoms with Gasteiger partial charge in [0.1, 0.15) is 5.58 Å². The summed E-state index contributed by atoms with van der Waals surface area (Å²) in [6.07, 6.45) is 0. The van der Waals surface area contributed by atoms with E-state index in [0.29, 0.717) is 27.3 Å². The fraction of sp³-hybridized carbons (Fsp3) is 0. The van der Waals surface area contributed by atoms with Crippen molar-refractivity contribution in [3.63, 3.8) is 0 Å². The summed E-state index contributed by atoms with van der Waals surface area (Å²) in [7, 11) is 0. The molecule has 8 heteroatoms. The minimum Gasteiger partial charge on any atom is -0.453 e. The van der Waals surface area contributed by atoms with Gasteiger partial charge in [0.25, 0.3) is 0 Å². The lowest BCUT2D eigenvalue weighted by Crippen LogP contribution is -2.04. The van der Waals surface area contributed by atoms with Crippen LogP contribution in [0, 0.1) is 0 Å². The van der Waals surface area contributed by atoms with E-state index in [-0.39, 0.29) is 11.9 Å². The van der Waals surface area contributed by atoms with Gasteiger partial charge in [0.05, 0.1) is 0 Å². The van der Waals surface area contributed by atoms with Gasteiger partial charge in [-0.05, 0) is 30.3 Å². The van der Waals surface area contributed by atoms with E-state index in [2.05, 4.69) is 20.3 Å². The third-order valence-corrected chi connectivity index (χ3v) is 3.85. The van der Waals surface area contributed by atoms with Crippen LogP contribution in [0.3, 0.4) is 0 Å². The number of hydrogen-bond acceptors (Lipinski definition) is 6. The van der Waals surface area contributed by atoms with Crippen LogP contribution in [0.4, 0.5) is 17.6 Å². The van der Waals surface area contributed by atoms with E-state index in [4.69, 9.17) is 33.4 Å². The second-order valence-electron chi connectivity index (χ2n) is 5.27. The van der Waals surface area contributed by atoms with E-state index < -0.39 is 0 Å². The molecular weight excluding hydrogens is 361 g/mol. The van der Waals surface area contributed by atoms with Crippen LogP contribution in [-0.2, 0) is 0 Å². The normalized spacial score (nSPS) is 11.0. The number of nitrogens with one attached hydrogen (secondary N) is 1. The molecule has 3 N–H and O–H groups in total. The number of nitrogens with two attached hydrogens (primary N) is 1. The Hall–Kier alpha value is -2.83. The monoisotopic (exact) mass is 371 g/mol. The molecular formula is C17H11Cl2N5O. The Kier molecular flexibility index (Phi) is 3.91. The number of hydrogen-bond donors (Lipinski definition) is 2. The first-order valence-electron chi connectivity index (χ1n) is 7.30. The van der Waals surface area contributed by atoms with E-state index in [0.717, 1.165) is 11.0 Å². The van der Waals surface area contributed by atoms with Gasteiger partial charge in [-0.3, -0.25) is 0 Å². The smallest absolute Gasteiger partial charge is 0.232 e. The van der Waals surface area contributed by atoms with Crippen molar-refractivity contribution in [3.05, 3.63) is 58.6 Å². The molecule has 6 nitrogen and oxygen atoms in total. The topological polar surface area (TPSA) is 89.9 Å². The molecule has 0 radical (unpaired) electrons. The lowest BCUT2D eigenvalue weighted by molar-refractivity contribution is 0.625. The molecule has 4 aromatic rings. The zero-order valence-electron chi connectivity index (χ0n) is 12.7. The zero-order valence-corrected chi connectivity index (χ0v) is 14.2. The van der Waals surface area contributed by atoms with Gasteiger partial charge in [-0.2, -0.15) is 15.0 Å². The van der Waals surface area contributed by atoms with Crippen LogP contribution in [0.2, 0.25) is 10.0 Å². The molecule has 0 fully saturated rings. The van der Waals surface area contributed by atoms with E-state index >= 15 is 0 Å². The average Bonchev–Trinajstić information content (AvgIpc) is 2.97. The number of furan rings is 1. The maximum absolute atomic E-state index is 6.00. The van der Waals surface area contributed by atoms with E-state index in [9.17, 15) is 0 Å². The van der Waals surface area contributed by atoms with Crippen molar-refractivity contribution in [2.45, 2.75) is 0 Å². The van der Waals surface area contributed by atoms with Crippen molar-refractivity contribution in [1.82, 2.24) is 15.0 Å². The Morgan fingerprint density at radius 3 is 2.44 bits per heavy atom. The van der Waals surface area contributed by atoms with Crippen LogP contribution in [0.1, 0.15) is 0 Å². The summed E-state index contributed by atoms with van der Waals surface area (Å²) in [4.78, 5) is 12.6. The molecule has 0 atom stereocenters. The summed E-state index contributed by atoms with van der Waals surface area (Å²) >= 11 is 12.0. The Bertz CT molecular complexity index is 1030. The Labute approximate surface area is 152 Å². The average molecular weight is 372 g/mol. The van der Waals surface area contributed by atoms with Crippen LogP contribution < -0.4 is 11.1 Å². The van der Waals surface area contributed by atoms with Crippen molar-refractivity contribution in [2.24, 2.45) is 0 Å². The highest BCUT2D eigenvalue weighted by atomic mass is 35.5. The highest BCUT2D eigenvalue weighted by Crippen LogP contribution is 2.28. The van der Waals surface area contributed by atoms with E-state index in [1.807, 2.05) is 30.3 Å². The Morgan fingerprint density at radius 2 is 1.68 bits per heavy atom. The van der Waals surface area contributed by atoms with Gasteiger partial charge in [-0.15, -0.1) is 0 Å². The first kappa shape index (κ1) is 15.7. The fourth-order valence-electron chi connectivity index (χ4n) is 2.41. The van der Waals surface area contributed by atoms with Crippen molar-refractivity contribution >= 4 is 51.8 Å². The molecule has 0 aliphatic heterocycles. The number of fused-ring (bicyclic) bond motifs is 1.